The van der Waals surface area contributed by atoms with Crippen molar-refractivity contribution in [1.82, 2.24) is 5.32 Å². The number of alkyl halides is 3. The quantitative estimate of drug-likeness (QED) is 0.895. The summed E-state index contributed by atoms with van der Waals surface area (Å²) in [7, 11) is 1.31. The highest BCUT2D eigenvalue weighted by Crippen LogP contribution is 2.24. The number of likely N-dealkylation sites (N-methyl/N-ethyl adjacent to an activating group) is 1. The van der Waals surface area contributed by atoms with Crippen LogP contribution < -0.4 is 5.32 Å². The number of rotatable bonds is 3. The van der Waals surface area contributed by atoms with E-state index >= 15 is 0 Å². The molecule has 1 heterocycles. The van der Waals surface area contributed by atoms with E-state index < -0.39 is 12.2 Å². The maximum absolute atomic E-state index is 12.6. The van der Waals surface area contributed by atoms with E-state index in [1.807, 2.05) is 0 Å². The monoisotopic (exact) mass is 243 g/mol. The number of furan rings is 1. The Hall–Kier alpha value is -1.49. The molecule has 0 saturated carbocycles. The van der Waals surface area contributed by atoms with Crippen LogP contribution in [0.25, 0.3) is 11.0 Å². The van der Waals surface area contributed by atoms with E-state index in [9.17, 15) is 13.2 Å². The van der Waals surface area contributed by atoms with Gasteiger partial charge in [0.05, 0.1) is 6.26 Å². The van der Waals surface area contributed by atoms with E-state index in [2.05, 4.69) is 5.32 Å². The van der Waals surface area contributed by atoms with Gasteiger partial charge in [-0.2, -0.15) is 13.2 Å². The molecule has 2 aromatic rings. The van der Waals surface area contributed by atoms with Gasteiger partial charge in [0.2, 0.25) is 0 Å². The molecule has 1 aromatic heterocycles. The van der Waals surface area contributed by atoms with Crippen molar-refractivity contribution in [2.45, 2.75) is 18.6 Å². The first-order valence-corrected chi connectivity index (χ1v) is 5.21. The van der Waals surface area contributed by atoms with E-state index in [1.54, 1.807) is 24.3 Å². The number of hydrogen-bond acceptors (Lipinski definition) is 2. The Morgan fingerprint density at radius 3 is 2.71 bits per heavy atom. The summed E-state index contributed by atoms with van der Waals surface area (Å²) >= 11 is 0. The van der Waals surface area contributed by atoms with Gasteiger partial charge in [-0.1, -0.05) is 6.07 Å². The Morgan fingerprint density at radius 1 is 1.29 bits per heavy atom. The van der Waals surface area contributed by atoms with Crippen LogP contribution in [0.1, 0.15) is 5.56 Å². The molecule has 1 unspecified atom stereocenters. The Kier molecular flexibility index (Phi) is 3.11. The lowest BCUT2D eigenvalue weighted by molar-refractivity contribution is -0.154. The molecule has 2 rings (SSSR count). The Bertz CT molecular complexity index is 504. The van der Waals surface area contributed by atoms with Crippen LogP contribution in [0, 0.1) is 0 Å². The van der Waals surface area contributed by atoms with Crippen molar-refractivity contribution in [3.05, 3.63) is 36.1 Å². The number of halogens is 3. The van der Waals surface area contributed by atoms with E-state index in [0.717, 1.165) is 5.39 Å². The summed E-state index contributed by atoms with van der Waals surface area (Å²) in [5.74, 6) is 0. The standard InChI is InChI=1S/C12H12F3NO/c1-16-11(12(13,14)15)7-8-2-3-10-9(6-8)4-5-17-10/h2-6,11,16H,7H2,1H3. The molecule has 0 spiro atoms. The molecule has 0 aliphatic rings. The largest absolute Gasteiger partial charge is 0.464 e. The van der Waals surface area contributed by atoms with Gasteiger partial charge in [0, 0.05) is 5.39 Å². The van der Waals surface area contributed by atoms with Crippen molar-refractivity contribution >= 4 is 11.0 Å². The average molecular weight is 243 g/mol. The zero-order valence-electron chi connectivity index (χ0n) is 9.21. The zero-order valence-corrected chi connectivity index (χ0v) is 9.21. The van der Waals surface area contributed by atoms with Crippen molar-refractivity contribution in [2.75, 3.05) is 7.05 Å². The molecular formula is C12H12F3NO. The molecule has 0 saturated heterocycles. The maximum atomic E-state index is 12.6. The van der Waals surface area contributed by atoms with E-state index in [0.29, 0.717) is 11.1 Å². The minimum Gasteiger partial charge on any atom is -0.464 e. The van der Waals surface area contributed by atoms with Gasteiger partial charge >= 0.3 is 6.18 Å². The van der Waals surface area contributed by atoms with E-state index in [1.165, 1.54) is 13.3 Å². The van der Waals surface area contributed by atoms with Crippen molar-refractivity contribution in [3.8, 4) is 0 Å². The fraction of sp³-hybridized carbons (Fsp3) is 0.333. The van der Waals surface area contributed by atoms with Crippen LogP contribution in [0.3, 0.4) is 0 Å². The first kappa shape index (κ1) is 12.0. The number of nitrogens with one attached hydrogen (secondary N) is 1. The van der Waals surface area contributed by atoms with Crippen LogP contribution in [0.4, 0.5) is 13.2 Å². The van der Waals surface area contributed by atoms with Gasteiger partial charge in [0.1, 0.15) is 11.6 Å². The summed E-state index contributed by atoms with van der Waals surface area (Å²) in [5, 5.41) is 3.10. The molecule has 0 amide bonds. The van der Waals surface area contributed by atoms with Crippen molar-refractivity contribution in [1.29, 1.82) is 0 Å². The minimum atomic E-state index is -4.24. The molecule has 0 aliphatic carbocycles. The first-order valence-electron chi connectivity index (χ1n) is 5.21. The summed E-state index contributed by atoms with van der Waals surface area (Å²) in [5.41, 5.74) is 1.32. The summed E-state index contributed by atoms with van der Waals surface area (Å²) in [6.45, 7) is 0. The third kappa shape index (κ3) is 2.61. The van der Waals surface area contributed by atoms with Gasteiger partial charge in [0.15, 0.2) is 0 Å². The maximum Gasteiger partial charge on any atom is 0.404 e. The summed E-state index contributed by atoms with van der Waals surface area (Å²) in [6, 6.07) is 5.28. The molecule has 0 bridgehead atoms. The zero-order chi connectivity index (χ0) is 12.5. The van der Waals surface area contributed by atoms with Crippen LogP contribution in [0.15, 0.2) is 34.9 Å². The van der Waals surface area contributed by atoms with Crippen LogP contribution in [0.2, 0.25) is 0 Å². The summed E-state index contributed by atoms with van der Waals surface area (Å²) in [4.78, 5) is 0. The fourth-order valence-electron chi connectivity index (χ4n) is 1.76. The highest BCUT2D eigenvalue weighted by Gasteiger charge is 2.38. The molecule has 92 valence electrons. The van der Waals surface area contributed by atoms with Gasteiger partial charge in [0.25, 0.3) is 0 Å². The van der Waals surface area contributed by atoms with Crippen LogP contribution >= 0.6 is 0 Å². The normalized spacial score (nSPS) is 14.1. The Labute approximate surface area is 96.4 Å². The van der Waals surface area contributed by atoms with Crippen molar-refractivity contribution in [3.63, 3.8) is 0 Å². The number of fused-ring (bicyclic) bond motifs is 1. The Balaban J connectivity index is 2.22. The molecule has 1 N–H and O–H groups in total. The van der Waals surface area contributed by atoms with Gasteiger partial charge in [-0.05, 0) is 37.2 Å². The molecule has 5 heteroatoms. The fourth-order valence-corrected chi connectivity index (χ4v) is 1.76. The van der Waals surface area contributed by atoms with E-state index in [-0.39, 0.29) is 6.42 Å². The molecule has 1 atom stereocenters. The molecular weight excluding hydrogens is 231 g/mol. The lowest BCUT2D eigenvalue weighted by Crippen LogP contribution is -2.41. The second-order valence-corrected chi connectivity index (χ2v) is 3.88. The second kappa shape index (κ2) is 4.41. The van der Waals surface area contributed by atoms with Crippen molar-refractivity contribution in [2.24, 2.45) is 0 Å². The van der Waals surface area contributed by atoms with E-state index in [4.69, 9.17) is 4.42 Å². The molecule has 0 radical (unpaired) electrons. The first-order chi connectivity index (χ1) is 8.00. The predicted octanol–water partition coefficient (Wildman–Crippen LogP) is 3.13. The SMILES string of the molecule is CNC(Cc1ccc2occc2c1)C(F)(F)F. The third-order valence-corrected chi connectivity index (χ3v) is 2.70. The lowest BCUT2D eigenvalue weighted by Gasteiger charge is -2.19. The smallest absolute Gasteiger partial charge is 0.404 e. The van der Waals surface area contributed by atoms with Crippen LogP contribution in [-0.4, -0.2) is 19.3 Å². The molecule has 2 nitrogen and oxygen atoms in total. The summed E-state index contributed by atoms with van der Waals surface area (Å²) in [6.07, 6.45) is -2.80. The van der Waals surface area contributed by atoms with Gasteiger partial charge in [-0.25, -0.2) is 0 Å². The Morgan fingerprint density at radius 2 is 2.06 bits per heavy atom. The average Bonchev–Trinajstić information content (AvgIpc) is 2.71. The van der Waals surface area contributed by atoms with Gasteiger partial charge in [-0.15, -0.1) is 0 Å². The number of benzene rings is 1. The molecule has 0 fully saturated rings. The minimum absolute atomic E-state index is 0.0822. The topological polar surface area (TPSA) is 25.2 Å². The predicted molar refractivity (Wildman–Crippen MR) is 58.8 cm³/mol. The highest BCUT2D eigenvalue weighted by molar-refractivity contribution is 5.77. The lowest BCUT2D eigenvalue weighted by atomic mass is 10.0. The van der Waals surface area contributed by atoms with Gasteiger partial charge in [-0.3, -0.25) is 0 Å². The highest BCUT2D eigenvalue weighted by atomic mass is 19.4. The second-order valence-electron chi connectivity index (χ2n) is 3.88. The molecule has 17 heavy (non-hydrogen) atoms. The summed E-state index contributed by atoms with van der Waals surface area (Å²) < 4.78 is 42.9. The van der Waals surface area contributed by atoms with Crippen LogP contribution in [0.5, 0.6) is 0 Å². The number of hydrogen-bond donors (Lipinski definition) is 1. The molecule has 0 aliphatic heterocycles. The van der Waals surface area contributed by atoms with Crippen LogP contribution in [-0.2, 0) is 6.42 Å². The van der Waals surface area contributed by atoms with Gasteiger partial charge < -0.3 is 9.73 Å². The van der Waals surface area contributed by atoms with Crippen molar-refractivity contribution < 1.29 is 17.6 Å². The third-order valence-electron chi connectivity index (χ3n) is 2.70. The molecule has 1 aromatic carbocycles.